The maximum Gasteiger partial charge on any atom is 0.253 e. The summed E-state index contributed by atoms with van der Waals surface area (Å²) in [6, 6.07) is 12.4. The first kappa shape index (κ1) is 20.3. The van der Waals surface area contributed by atoms with E-state index in [2.05, 4.69) is 9.62 Å². The van der Waals surface area contributed by atoms with Crippen LogP contribution in [0.3, 0.4) is 0 Å². The third kappa shape index (κ3) is 4.69. The number of nitrogens with one attached hydrogen (secondary N) is 1. The predicted molar refractivity (Wildman–Crippen MR) is 106 cm³/mol. The molecule has 8 heteroatoms. The molecule has 0 aromatic heterocycles. The standard InChI is InChI=1S/C20H24FN3O3S/c1-2-22-28(26,27)19-10-4-16(5-11-19)20(25)24-13-3-12-23(14-15-24)18-8-6-17(21)7-9-18/h4-11,22H,2-3,12-15H2,1H3. The minimum Gasteiger partial charge on any atom is -0.370 e. The van der Waals surface area contributed by atoms with Gasteiger partial charge in [0.1, 0.15) is 5.82 Å². The maximum atomic E-state index is 13.1. The van der Waals surface area contributed by atoms with Gasteiger partial charge >= 0.3 is 0 Å². The van der Waals surface area contributed by atoms with Gasteiger partial charge in [-0.1, -0.05) is 6.92 Å². The van der Waals surface area contributed by atoms with Crippen LogP contribution in [-0.2, 0) is 10.0 Å². The fourth-order valence-corrected chi connectivity index (χ4v) is 4.30. The van der Waals surface area contributed by atoms with Crippen molar-refractivity contribution in [3.63, 3.8) is 0 Å². The van der Waals surface area contributed by atoms with Crippen molar-refractivity contribution >= 4 is 21.6 Å². The minimum absolute atomic E-state index is 0.117. The topological polar surface area (TPSA) is 69.7 Å². The highest BCUT2D eigenvalue weighted by molar-refractivity contribution is 7.89. The van der Waals surface area contributed by atoms with Crippen LogP contribution in [0.2, 0.25) is 0 Å². The summed E-state index contributed by atoms with van der Waals surface area (Å²) in [5, 5.41) is 0. The van der Waals surface area contributed by atoms with Crippen molar-refractivity contribution in [3.8, 4) is 0 Å². The summed E-state index contributed by atoms with van der Waals surface area (Å²) in [4.78, 5) is 16.9. The molecule has 2 aromatic carbocycles. The number of benzene rings is 2. The van der Waals surface area contributed by atoms with Gasteiger partial charge in [0, 0.05) is 44.0 Å². The van der Waals surface area contributed by atoms with Gasteiger partial charge < -0.3 is 9.80 Å². The van der Waals surface area contributed by atoms with Crippen molar-refractivity contribution in [3.05, 3.63) is 59.9 Å². The van der Waals surface area contributed by atoms with Crippen LogP contribution in [-0.4, -0.2) is 51.9 Å². The zero-order chi connectivity index (χ0) is 20.1. The normalized spacial score (nSPS) is 15.4. The number of rotatable bonds is 5. The summed E-state index contributed by atoms with van der Waals surface area (Å²) < 4.78 is 39.6. The molecule has 0 atom stereocenters. The van der Waals surface area contributed by atoms with Crippen LogP contribution >= 0.6 is 0 Å². The molecule has 0 aliphatic carbocycles. The number of anilines is 1. The van der Waals surface area contributed by atoms with Gasteiger partial charge in [-0.05, 0) is 55.0 Å². The predicted octanol–water partition coefficient (Wildman–Crippen LogP) is 2.48. The quantitative estimate of drug-likeness (QED) is 0.830. The highest BCUT2D eigenvalue weighted by Crippen LogP contribution is 2.18. The fraction of sp³-hybridized carbons (Fsp3) is 0.350. The Labute approximate surface area is 165 Å². The number of carbonyl (C=O) groups excluding carboxylic acids is 1. The Hall–Kier alpha value is -2.45. The SMILES string of the molecule is CCNS(=O)(=O)c1ccc(C(=O)N2CCCN(c3ccc(F)cc3)CC2)cc1. The van der Waals surface area contributed by atoms with Gasteiger partial charge in [0.25, 0.3) is 5.91 Å². The second-order valence-corrected chi connectivity index (χ2v) is 8.40. The molecule has 3 rings (SSSR count). The molecule has 0 bridgehead atoms. The van der Waals surface area contributed by atoms with E-state index in [0.717, 1.165) is 18.7 Å². The van der Waals surface area contributed by atoms with Crippen molar-refractivity contribution in [2.45, 2.75) is 18.2 Å². The Kier molecular flexibility index (Phi) is 6.31. The summed E-state index contributed by atoms with van der Waals surface area (Å²) >= 11 is 0. The Morgan fingerprint density at radius 3 is 2.32 bits per heavy atom. The van der Waals surface area contributed by atoms with Gasteiger partial charge in [-0.3, -0.25) is 4.79 Å². The Morgan fingerprint density at radius 2 is 1.68 bits per heavy atom. The molecule has 1 aliphatic rings. The summed E-state index contributed by atoms with van der Waals surface area (Å²) in [6.07, 6.45) is 0.802. The lowest BCUT2D eigenvalue weighted by Crippen LogP contribution is -2.35. The average molecular weight is 405 g/mol. The lowest BCUT2D eigenvalue weighted by Gasteiger charge is -2.23. The lowest BCUT2D eigenvalue weighted by molar-refractivity contribution is 0.0767. The molecule has 28 heavy (non-hydrogen) atoms. The monoisotopic (exact) mass is 405 g/mol. The molecule has 1 heterocycles. The zero-order valence-electron chi connectivity index (χ0n) is 15.8. The van der Waals surface area contributed by atoms with Crippen LogP contribution in [0.5, 0.6) is 0 Å². The second-order valence-electron chi connectivity index (χ2n) is 6.63. The molecule has 0 radical (unpaired) electrons. The van der Waals surface area contributed by atoms with E-state index in [1.165, 1.54) is 24.3 Å². The van der Waals surface area contributed by atoms with Crippen LogP contribution in [0.1, 0.15) is 23.7 Å². The van der Waals surface area contributed by atoms with Crippen molar-refractivity contribution < 1.29 is 17.6 Å². The molecule has 150 valence electrons. The molecular weight excluding hydrogens is 381 g/mol. The molecule has 6 nitrogen and oxygen atoms in total. The van der Waals surface area contributed by atoms with E-state index in [4.69, 9.17) is 0 Å². The van der Waals surface area contributed by atoms with Crippen molar-refractivity contribution in [1.29, 1.82) is 0 Å². The number of hydrogen-bond donors (Lipinski definition) is 1. The lowest BCUT2D eigenvalue weighted by atomic mass is 10.2. The molecule has 0 saturated carbocycles. The third-order valence-corrected chi connectivity index (χ3v) is 6.28. The largest absolute Gasteiger partial charge is 0.370 e. The molecule has 1 N–H and O–H groups in total. The van der Waals surface area contributed by atoms with E-state index >= 15 is 0 Å². The first-order valence-electron chi connectivity index (χ1n) is 9.30. The Morgan fingerprint density at radius 1 is 1.00 bits per heavy atom. The molecular formula is C20H24FN3O3S. The highest BCUT2D eigenvalue weighted by atomic mass is 32.2. The number of carbonyl (C=O) groups is 1. The van der Waals surface area contributed by atoms with Crippen LogP contribution in [0.4, 0.5) is 10.1 Å². The van der Waals surface area contributed by atoms with Crippen LogP contribution in [0.25, 0.3) is 0 Å². The van der Waals surface area contributed by atoms with E-state index < -0.39 is 10.0 Å². The molecule has 1 fully saturated rings. The van der Waals surface area contributed by atoms with Gasteiger partial charge in [0.15, 0.2) is 0 Å². The summed E-state index contributed by atoms with van der Waals surface area (Å²) in [5.74, 6) is -0.386. The molecule has 2 aromatic rings. The summed E-state index contributed by atoms with van der Waals surface area (Å²) in [5.41, 5.74) is 1.40. The molecule has 1 aliphatic heterocycles. The van der Waals surface area contributed by atoms with Crippen LogP contribution in [0.15, 0.2) is 53.4 Å². The summed E-state index contributed by atoms with van der Waals surface area (Å²) in [6.45, 7) is 4.63. The van der Waals surface area contributed by atoms with Gasteiger partial charge in [-0.25, -0.2) is 17.5 Å². The zero-order valence-corrected chi connectivity index (χ0v) is 16.6. The van der Waals surface area contributed by atoms with Crippen LogP contribution < -0.4 is 9.62 Å². The molecule has 1 saturated heterocycles. The number of halogens is 1. The van der Waals surface area contributed by atoms with E-state index in [-0.39, 0.29) is 16.6 Å². The highest BCUT2D eigenvalue weighted by Gasteiger charge is 2.21. The van der Waals surface area contributed by atoms with Crippen molar-refractivity contribution in [2.75, 3.05) is 37.6 Å². The third-order valence-electron chi connectivity index (χ3n) is 4.72. The number of nitrogens with zero attached hydrogens (tertiary/aromatic N) is 2. The number of amides is 1. The number of hydrogen-bond acceptors (Lipinski definition) is 4. The van der Waals surface area contributed by atoms with E-state index in [1.54, 1.807) is 36.1 Å². The smallest absolute Gasteiger partial charge is 0.253 e. The fourth-order valence-electron chi connectivity index (χ4n) is 3.26. The Balaban J connectivity index is 1.67. The summed E-state index contributed by atoms with van der Waals surface area (Å²) in [7, 11) is -3.53. The van der Waals surface area contributed by atoms with Crippen LogP contribution in [0, 0.1) is 5.82 Å². The number of sulfonamides is 1. The van der Waals surface area contributed by atoms with E-state index in [1.807, 2.05) is 0 Å². The van der Waals surface area contributed by atoms with Gasteiger partial charge in [-0.15, -0.1) is 0 Å². The molecule has 1 amide bonds. The average Bonchev–Trinajstić information content (AvgIpc) is 2.94. The minimum atomic E-state index is -3.53. The van der Waals surface area contributed by atoms with E-state index in [9.17, 15) is 17.6 Å². The second kappa shape index (κ2) is 8.70. The van der Waals surface area contributed by atoms with Gasteiger partial charge in [0.05, 0.1) is 4.90 Å². The van der Waals surface area contributed by atoms with Gasteiger partial charge in [-0.2, -0.15) is 0 Å². The molecule has 0 unspecified atom stereocenters. The van der Waals surface area contributed by atoms with Crippen molar-refractivity contribution in [1.82, 2.24) is 9.62 Å². The van der Waals surface area contributed by atoms with Gasteiger partial charge in [0.2, 0.25) is 10.0 Å². The van der Waals surface area contributed by atoms with Crippen molar-refractivity contribution in [2.24, 2.45) is 0 Å². The van der Waals surface area contributed by atoms with E-state index in [0.29, 0.717) is 31.7 Å². The molecule has 0 spiro atoms. The first-order chi connectivity index (χ1) is 13.4. The first-order valence-corrected chi connectivity index (χ1v) is 10.8. The maximum absolute atomic E-state index is 13.1. The Bertz CT molecular complexity index is 915.